The Labute approximate surface area is 164 Å². The Bertz CT molecular complexity index is 809. The molecular formula is C21H22Cl2O3. The van der Waals surface area contributed by atoms with Crippen LogP contribution < -0.4 is 4.74 Å². The molecule has 5 heteroatoms. The van der Waals surface area contributed by atoms with E-state index in [2.05, 4.69) is 13.5 Å². The van der Waals surface area contributed by atoms with E-state index in [1.165, 1.54) is 11.6 Å². The first-order valence-electron chi connectivity index (χ1n) is 8.86. The second kappa shape index (κ2) is 7.58. The molecule has 2 aliphatic carbocycles. The van der Waals surface area contributed by atoms with Gasteiger partial charge in [-0.3, -0.25) is 4.79 Å². The average molecular weight is 393 g/mol. The van der Waals surface area contributed by atoms with Gasteiger partial charge < -0.3 is 4.74 Å². The molecule has 0 spiro atoms. The number of Topliss-reactive ketones (excluding diaryl/α,β-unsaturated/α-hetero) is 1. The number of ether oxygens (including phenoxy) is 1. The molecule has 0 amide bonds. The van der Waals surface area contributed by atoms with Gasteiger partial charge in [-0.1, -0.05) is 42.3 Å². The molecule has 1 unspecified atom stereocenters. The standard InChI is InChI=1S/C21H22Cl2O3/c1-11-4-5-14(8-17-13(3)19(24)10-16(11)17)12(2)21(25)26-20-7-6-15(22)9-18(20)23/h6-7,9,11,14,16H,2,4-5,8,10H2,1,3H3/t11?,14-,16-/m0/s1. The third kappa shape index (κ3) is 3.74. The van der Waals surface area contributed by atoms with Crippen LogP contribution in [0.1, 0.15) is 39.5 Å². The maximum atomic E-state index is 12.6. The Hall–Kier alpha value is -1.58. The van der Waals surface area contributed by atoms with Gasteiger partial charge in [0, 0.05) is 17.0 Å². The van der Waals surface area contributed by atoms with E-state index in [0.29, 0.717) is 35.3 Å². The van der Waals surface area contributed by atoms with Gasteiger partial charge in [0.2, 0.25) is 0 Å². The van der Waals surface area contributed by atoms with Crippen LogP contribution in [0, 0.1) is 17.8 Å². The topological polar surface area (TPSA) is 43.4 Å². The molecule has 1 fully saturated rings. The molecule has 3 atom stereocenters. The van der Waals surface area contributed by atoms with Crippen LogP contribution in [0.4, 0.5) is 0 Å². The molecule has 2 aliphatic rings. The molecule has 0 N–H and O–H groups in total. The fourth-order valence-corrected chi connectivity index (χ4v) is 4.45. The number of benzene rings is 1. The van der Waals surface area contributed by atoms with Gasteiger partial charge in [0.25, 0.3) is 0 Å². The largest absolute Gasteiger partial charge is 0.422 e. The van der Waals surface area contributed by atoms with E-state index in [-0.39, 0.29) is 22.5 Å². The predicted octanol–water partition coefficient (Wildman–Crippen LogP) is 5.80. The molecule has 1 saturated carbocycles. The molecule has 3 nitrogen and oxygen atoms in total. The zero-order valence-electron chi connectivity index (χ0n) is 15.0. The average Bonchev–Trinajstić information content (AvgIpc) is 2.77. The number of carbonyl (C=O) groups is 2. The Kier molecular flexibility index (Phi) is 5.59. The van der Waals surface area contributed by atoms with Crippen molar-refractivity contribution in [3.63, 3.8) is 0 Å². The third-order valence-corrected chi connectivity index (χ3v) is 6.26. The van der Waals surface area contributed by atoms with E-state index < -0.39 is 5.97 Å². The molecule has 3 rings (SSSR count). The van der Waals surface area contributed by atoms with E-state index in [1.807, 2.05) is 6.92 Å². The molecule has 26 heavy (non-hydrogen) atoms. The summed E-state index contributed by atoms with van der Waals surface area (Å²) in [6.07, 6.45) is 3.14. The van der Waals surface area contributed by atoms with Gasteiger partial charge in [0.05, 0.1) is 5.02 Å². The van der Waals surface area contributed by atoms with E-state index in [4.69, 9.17) is 27.9 Å². The minimum Gasteiger partial charge on any atom is -0.422 e. The fourth-order valence-electron chi connectivity index (χ4n) is 4.00. The van der Waals surface area contributed by atoms with Gasteiger partial charge >= 0.3 is 5.97 Å². The molecule has 0 aliphatic heterocycles. The number of hydrogen-bond donors (Lipinski definition) is 0. The molecule has 0 bridgehead atoms. The number of allylic oxidation sites excluding steroid dienone is 2. The van der Waals surface area contributed by atoms with Crippen molar-refractivity contribution in [3.8, 4) is 5.75 Å². The summed E-state index contributed by atoms with van der Waals surface area (Å²) in [7, 11) is 0. The lowest BCUT2D eigenvalue weighted by Crippen LogP contribution is -2.18. The zero-order valence-corrected chi connectivity index (χ0v) is 16.5. The van der Waals surface area contributed by atoms with E-state index in [1.54, 1.807) is 12.1 Å². The number of carbonyl (C=O) groups excluding carboxylic acids is 2. The zero-order chi connectivity index (χ0) is 19.0. The van der Waals surface area contributed by atoms with Crippen LogP contribution in [-0.2, 0) is 9.59 Å². The third-order valence-electron chi connectivity index (χ3n) is 5.73. The number of hydrogen-bond acceptors (Lipinski definition) is 3. The number of halogens is 2. The lowest BCUT2D eigenvalue weighted by Gasteiger charge is -2.19. The quantitative estimate of drug-likeness (QED) is 0.371. The highest BCUT2D eigenvalue weighted by Gasteiger charge is 2.38. The van der Waals surface area contributed by atoms with Crippen molar-refractivity contribution in [3.05, 3.63) is 51.5 Å². The first kappa shape index (κ1) is 19.2. The van der Waals surface area contributed by atoms with Crippen LogP contribution in [0.2, 0.25) is 10.0 Å². The van der Waals surface area contributed by atoms with E-state index in [0.717, 1.165) is 18.4 Å². The SMILES string of the molecule is C=C(C(=O)Oc1ccc(Cl)cc1Cl)[C@H]1CCC(C)[C@@H]2CC(=O)C(C)=C2C1. The van der Waals surface area contributed by atoms with E-state index in [9.17, 15) is 9.59 Å². The Morgan fingerprint density at radius 1 is 1.23 bits per heavy atom. The smallest absolute Gasteiger partial charge is 0.339 e. The first-order valence-corrected chi connectivity index (χ1v) is 9.62. The van der Waals surface area contributed by atoms with Crippen LogP contribution in [-0.4, -0.2) is 11.8 Å². The summed E-state index contributed by atoms with van der Waals surface area (Å²) in [5.41, 5.74) is 2.50. The normalized spacial score (nSPS) is 25.7. The van der Waals surface area contributed by atoms with Crippen LogP contribution in [0.5, 0.6) is 5.75 Å². The highest BCUT2D eigenvalue weighted by Crippen LogP contribution is 2.45. The molecule has 0 radical (unpaired) electrons. The molecular weight excluding hydrogens is 371 g/mol. The van der Waals surface area contributed by atoms with Gasteiger partial charge in [-0.2, -0.15) is 0 Å². The summed E-state index contributed by atoms with van der Waals surface area (Å²) < 4.78 is 5.43. The number of fused-ring (bicyclic) bond motifs is 1. The molecule has 1 aromatic rings. The fraction of sp³-hybridized carbons (Fsp3) is 0.429. The molecule has 1 aromatic carbocycles. The summed E-state index contributed by atoms with van der Waals surface area (Å²) in [6.45, 7) is 8.09. The molecule has 0 saturated heterocycles. The summed E-state index contributed by atoms with van der Waals surface area (Å²) in [6, 6.07) is 4.73. The Balaban J connectivity index is 1.76. The Morgan fingerprint density at radius 2 is 1.96 bits per heavy atom. The van der Waals surface area contributed by atoms with Crippen LogP contribution >= 0.6 is 23.2 Å². The van der Waals surface area contributed by atoms with Crippen LogP contribution in [0.3, 0.4) is 0 Å². The van der Waals surface area contributed by atoms with Crippen molar-refractivity contribution in [2.45, 2.75) is 39.5 Å². The predicted molar refractivity (Wildman–Crippen MR) is 104 cm³/mol. The van der Waals surface area contributed by atoms with Crippen molar-refractivity contribution in [2.24, 2.45) is 17.8 Å². The minimum absolute atomic E-state index is 0.0168. The minimum atomic E-state index is -0.479. The highest BCUT2D eigenvalue weighted by molar-refractivity contribution is 6.35. The molecule has 0 aromatic heterocycles. The summed E-state index contributed by atoms with van der Waals surface area (Å²) >= 11 is 12.0. The maximum Gasteiger partial charge on any atom is 0.339 e. The highest BCUT2D eigenvalue weighted by atomic mass is 35.5. The molecule has 0 heterocycles. The van der Waals surface area contributed by atoms with Gasteiger partial charge in [0.15, 0.2) is 5.78 Å². The van der Waals surface area contributed by atoms with Crippen molar-refractivity contribution < 1.29 is 14.3 Å². The van der Waals surface area contributed by atoms with Crippen molar-refractivity contribution in [1.82, 2.24) is 0 Å². The summed E-state index contributed by atoms with van der Waals surface area (Å²) in [5.74, 6) is 0.755. The lowest BCUT2D eigenvalue weighted by molar-refractivity contribution is -0.130. The van der Waals surface area contributed by atoms with Gasteiger partial charge in [0.1, 0.15) is 5.75 Å². The van der Waals surface area contributed by atoms with Crippen molar-refractivity contribution in [2.75, 3.05) is 0 Å². The molecule has 138 valence electrons. The number of rotatable bonds is 3. The van der Waals surface area contributed by atoms with Crippen LogP contribution in [0.25, 0.3) is 0 Å². The maximum absolute atomic E-state index is 12.6. The van der Waals surface area contributed by atoms with Gasteiger partial charge in [-0.25, -0.2) is 4.79 Å². The van der Waals surface area contributed by atoms with Crippen molar-refractivity contribution in [1.29, 1.82) is 0 Å². The monoisotopic (exact) mass is 392 g/mol. The summed E-state index contributed by atoms with van der Waals surface area (Å²) in [4.78, 5) is 24.7. The van der Waals surface area contributed by atoms with E-state index >= 15 is 0 Å². The number of ketones is 1. The Morgan fingerprint density at radius 3 is 2.65 bits per heavy atom. The summed E-state index contributed by atoms with van der Waals surface area (Å²) in [5, 5.41) is 0.763. The van der Waals surface area contributed by atoms with Crippen molar-refractivity contribution >= 4 is 35.0 Å². The van der Waals surface area contributed by atoms with Gasteiger partial charge in [-0.15, -0.1) is 0 Å². The first-order chi connectivity index (χ1) is 12.3. The second-order valence-corrected chi connectivity index (χ2v) is 8.17. The van der Waals surface area contributed by atoms with Gasteiger partial charge in [-0.05, 0) is 67.7 Å². The second-order valence-electron chi connectivity index (χ2n) is 7.33. The van der Waals surface area contributed by atoms with Crippen LogP contribution in [0.15, 0.2) is 41.5 Å². The number of esters is 1. The lowest BCUT2D eigenvalue weighted by atomic mass is 9.86.